The molecule has 0 aliphatic carbocycles. The predicted octanol–water partition coefficient (Wildman–Crippen LogP) is -0.176. The number of carboxylic acid groups (broad SMARTS) is 1. The van der Waals surface area contributed by atoms with Crippen molar-refractivity contribution < 1.29 is 48.7 Å². The Kier molecular flexibility index (Phi) is 31.1. The first-order valence-electron chi connectivity index (χ1n) is 7.60. The number of carboxylic acids is 1. The minimum absolute atomic E-state index is 0.139. The molecule has 0 aromatic heterocycles. The van der Waals surface area contributed by atoms with Gasteiger partial charge >= 0.3 is 5.97 Å². The summed E-state index contributed by atoms with van der Waals surface area (Å²) in [6.07, 6.45) is -0.102. The summed E-state index contributed by atoms with van der Waals surface area (Å²) in [7, 11) is 2.86. The Balaban J connectivity index is -0.000000199. The van der Waals surface area contributed by atoms with Crippen LogP contribution in [0.3, 0.4) is 0 Å². The van der Waals surface area contributed by atoms with Crippen LogP contribution in [0, 0.1) is 0 Å². The van der Waals surface area contributed by atoms with Gasteiger partial charge in [0.05, 0.1) is 6.61 Å². The lowest BCUT2D eigenvalue weighted by atomic mass is 10.1. The highest BCUT2D eigenvalue weighted by atomic mass is 16.6. The van der Waals surface area contributed by atoms with Gasteiger partial charge in [0, 0.05) is 41.1 Å². The molecule has 10 heteroatoms. The van der Waals surface area contributed by atoms with Crippen LogP contribution in [0.15, 0.2) is 0 Å². The minimum atomic E-state index is -0.833. The molecule has 26 heavy (non-hydrogen) atoms. The van der Waals surface area contributed by atoms with Gasteiger partial charge in [-0.05, 0) is 13.8 Å². The van der Waals surface area contributed by atoms with Crippen molar-refractivity contribution in [3.63, 3.8) is 0 Å². The summed E-state index contributed by atoms with van der Waals surface area (Å²) < 4.78 is 15.2. The number of carbonyl (C=O) groups excluding carboxylic acids is 3. The molecular formula is C16H32O10. The fraction of sp³-hybridized carbons (Fsp3) is 0.750. The molecule has 0 fully saturated rings. The number of aliphatic carboxylic acids is 1. The normalized spacial score (nSPS) is 12.2. The maximum Gasteiger partial charge on any atom is 0.302 e. The third-order valence-corrected chi connectivity index (χ3v) is 2.22. The van der Waals surface area contributed by atoms with E-state index in [4.69, 9.17) is 43.9 Å². The van der Waals surface area contributed by atoms with Gasteiger partial charge in [-0.15, -0.1) is 0 Å². The summed E-state index contributed by atoms with van der Waals surface area (Å²) in [6.45, 7) is 4.86. The molecule has 0 radical (unpaired) electrons. The van der Waals surface area contributed by atoms with Crippen LogP contribution < -0.4 is 0 Å². The number of hydrogen-bond acceptors (Lipinski definition) is 9. The fourth-order valence-electron chi connectivity index (χ4n) is 1.49. The molecule has 0 saturated heterocycles. The second-order valence-electron chi connectivity index (χ2n) is 4.31. The first-order chi connectivity index (χ1) is 12.2. The van der Waals surface area contributed by atoms with Crippen molar-refractivity contribution in [1.82, 2.24) is 0 Å². The number of rotatable bonds is 8. The molecule has 3 N–H and O–H groups in total. The Labute approximate surface area is 154 Å². The molecule has 0 aromatic rings. The minimum Gasteiger partial charge on any atom is -0.481 e. The lowest BCUT2D eigenvalue weighted by molar-refractivity contribution is -0.165. The van der Waals surface area contributed by atoms with Crippen LogP contribution in [0.25, 0.3) is 0 Å². The molecule has 3 unspecified atom stereocenters. The standard InChI is InChI=1S/C10H20O6.C2H4O2.2C2H4O/c1-7(13)16-8(4-5-11)10(15-3)9(6-12)14-2;1-2(3)4;2*1-2-3/h8-12H,4-6H2,1-3H3;1H3,(H,3,4);2*2H,1H3. The van der Waals surface area contributed by atoms with Crippen LogP contribution in [-0.2, 0) is 33.4 Å². The first kappa shape index (κ1) is 31.8. The molecule has 3 atom stereocenters. The molecule has 0 amide bonds. The molecule has 0 aliphatic heterocycles. The van der Waals surface area contributed by atoms with E-state index in [2.05, 4.69) is 0 Å². The van der Waals surface area contributed by atoms with E-state index < -0.39 is 30.3 Å². The average Bonchev–Trinajstić information content (AvgIpc) is 2.52. The van der Waals surface area contributed by atoms with Crippen LogP contribution >= 0.6 is 0 Å². The van der Waals surface area contributed by atoms with Crippen molar-refractivity contribution in [2.45, 2.75) is 52.4 Å². The largest absolute Gasteiger partial charge is 0.481 e. The second-order valence-corrected chi connectivity index (χ2v) is 4.31. The third kappa shape index (κ3) is 27.0. The van der Waals surface area contributed by atoms with Crippen molar-refractivity contribution in [2.75, 3.05) is 27.4 Å². The number of methoxy groups -OCH3 is 2. The third-order valence-electron chi connectivity index (χ3n) is 2.22. The van der Waals surface area contributed by atoms with E-state index in [0.29, 0.717) is 0 Å². The van der Waals surface area contributed by atoms with Gasteiger partial charge in [0.2, 0.25) is 0 Å². The first-order valence-corrected chi connectivity index (χ1v) is 7.60. The molecule has 0 rings (SSSR count). The molecule has 0 heterocycles. The van der Waals surface area contributed by atoms with E-state index in [1.807, 2.05) is 0 Å². The maximum absolute atomic E-state index is 10.9. The molecule has 10 nitrogen and oxygen atoms in total. The van der Waals surface area contributed by atoms with Crippen LogP contribution in [0.1, 0.15) is 34.1 Å². The molecule has 0 saturated carbocycles. The summed E-state index contributed by atoms with van der Waals surface area (Å²) in [5.41, 5.74) is 0. The van der Waals surface area contributed by atoms with Gasteiger partial charge in [-0.2, -0.15) is 0 Å². The Morgan fingerprint density at radius 3 is 1.54 bits per heavy atom. The smallest absolute Gasteiger partial charge is 0.302 e. The zero-order chi connectivity index (χ0) is 21.5. The van der Waals surface area contributed by atoms with Crippen molar-refractivity contribution in [2.24, 2.45) is 0 Å². The van der Waals surface area contributed by atoms with Gasteiger partial charge in [-0.3, -0.25) is 9.59 Å². The highest BCUT2D eigenvalue weighted by Crippen LogP contribution is 2.14. The van der Waals surface area contributed by atoms with Gasteiger partial charge in [-0.1, -0.05) is 0 Å². The molecule has 156 valence electrons. The van der Waals surface area contributed by atoms with Crippen molar-refractivity contribution in [3.8, 4) is 0 Å². The van der Waals surface area contributed by atoms with Crippen molar-refractivity contribution >= 4 is 24.5 Å². The summed E-state index contributed by atoms with van der Waals surface area (Å²) in [5.74, 6) is -1.30. The quantitative estimate of drug-likeness (QED) is 0.379. The van der Waals surface area contributed by atoms with E-state index >= 15 is 0 Å². The lowest BCUT2D eigenvalue weighted by Gasteiger charge is -2.29. The molecule has 0 aromatic carbocycles. The van der Waals surface area contributed by atoms with Crippen LogP contribution in [0.2, 0.25) is 0 Å². The van der Waals surface area contributed by atoms with E-state index in [-0.39, 0.29) is 19.6 Å². The number of carbonyl (C=O) groups is 4. The monoisotopic (exact) mass is 384 g/mol. The zero-order valence-corrected chi connectivity index (χ0v) is 16.2. The molecule has 0 aliphatic rings. The number of aliphatic hydroxyl groups is 2. The fourth-order valence-corrected chi connectivity index (χ4v) is 1.49. The lowest BCUT2D eigenvalue weighted by Crippen LogP contribution is -2.44. The number of ether oxygens (including phenoxy) is 3. The molecule has 0 spiro atoms. The Morgan fingerprint density at radius 2 is 1.35 bits per heavy atom. The number of hydrogen-bond donors (Lipinski definition) is 3. The van der Waals surface area contributed by atoms with E-state index in [1.54, 1.807) is 0 Å². The van der Waals surface area contributed by atoms with Gasteiger partial charge in [0.25, 0.3) is 5.97 Å². The van der Waals surface area contributed by atoms with Crippen molar-refractivity contribution in [3.05, 3.63) is 0 Å². The highest BCUT2D eigenvalue weighted by molar-refractivity contribution is 5.66. The predicted molar refractivity (Wildman–Crippen MR) is 92.7 cm³/mol. The molecular weight excluding hydrogens is 352 g/mol. The van der Waals surface area contributed by atoms with E-state index in [1.165, 1.54) is 35.0 Å². The van der Waals surface area contributed by atoms with E-state index in [0.717, 1.165) is 19.5 Å². The van der Waals surface area contributed by atoms with Crippen molar-refractivity contribution in [1.29, 1.82) is 0 Å². The summed E-state index contributed by atoms with van der Waals surface area (Å²) in [6, 6.07) is 0. The Hall–Kier alpha value is -1.88. The van der Waals surface area contributed by atoms with Gasteiger partial charge in [0.15, 0.2) is 0 Å². The van der Waals surface area contributed by atoms with Gasteiger partial charge in [-0.25, -0.2) is 0 Å². The Morgan fingerprint density at radius 1 is 0.962 bits per heavy atom. The van der Waals surface area contributed by atoms with Crippen LogP contribution in [0.5, 0.6) is 0 Å². The van der Waals surface area contributed by atoms with Gasteiger partial charge < -0.3 is 39.1 Å². The summed E-state index contributed by atoms with van der Waals surface area (Å²) in [4.78, 5) is 37.5. The summed E-state index contributed by atoms with van der Waals surface area (Å²) in [5, 5.41) is 25.4. The SMILES string of the molecule is CC(=O)O.CC=O.CC=O.COC(CO)C(OC)C(CCO)OC(C)=O. The number of esters is 1. The second kappa shape index (κ2) is 25.4. The average molecular weight is 384 g/mol. The van der Waals surface area contributed by atoms with Crippen LogP contribution in [-0.4, -0.2) is 85.6 Å². The van der Waals surface area contributed by atoms with Gasteiger partial charge in [0.1, 0.15) is 30.9 Å². The summed E-state index contributed by atoms with van der Waals surface area (Å²) >= 11 is 0. The topological polar surface area (TPSA) is 157 Å². The maximum atomic E-state index is 10.9. The zero-order valence-electron chi connectivity index (χ0n) is 16.2. The molecule has 0 bridgehead atoms. The highest BCUT2D eigenvalue weighted by Gasteiger charge is 2.31. The Bertz CT molecular complexity index is 332. The number of aldehydes is 2. The van der Waals surface area contributed by atoms with E-state index in [9.17, 15) is 4.79 Å². The van der Waals surface area contributed by atoms with Crippen LogP contribution in [0.4, 0.5) is 0 Å². The number of aliphatic hydroxyl groups excluding tert-OH is 2.